The fourth-order valence-electron chi connectivity index (χ4n) is 1.95. The zero-order chi connectivity index (χ0) is 15.1. The summed E-state index contributed by atoms with van der Waals surface area (Å²) in [7, 11) is 1.50. The first-order valence-corrected chi connectivity index (χ1v) is 6.84. The van der Waals surface area contributed by atoms with Gasteiger partial charge in [0.15, 0.2) is 0 Å². The van der Waals surface area contributed by atoms with Gasteiger partial charge in [0.25, 0.3) is 5.91 Å². The van der Waals surface area contributed by atoms with E-state index in [9.17, 15) is 4.79 Å². The first-order valence-electron chi connectivity index (χ1n) is 6.84. The molecule has 110 valence electrons. The minimum atomic E-state index is -0.236. The van der Waals surface area contributed by atoms with Crippen LogP contribution in [0, 0.1) is 0 Å². The van der Waals surface area contributed by atoms with Crippen molar-refractivity contribution < 1.29 is 9.53 Å². The molecular formula is C16H19N3O2. The molecule has 0 aliphatic carbocycles. The lowest BCUT2D eigenvalue weighted by Gasteiger charge is -2.09. The first kappa shape index (κ1) is 15.0. The average molecular weight is 285 g/mol. The van der Waals surface area contributed by atoms with Crippen molar-refractivity contribution in [3.63, 3.8) is 0 Å². The third-order valence-electron chi connectivity index (χ3n) is 2.97. The van der Waals surface area contributed by atoms with Crippen LogP contribution >= 0.6 is 0 Å². The highest BCUT2D eigenvalue weighted by molar-refractivity contribution is 6.05. The van der Waals surface area contributed by atoms with Crippen molar-refractivity contribution in [3.05, 3.63) is 53.7 Å². The number of pyridine rings is 1. The Labute approximate surface area is 124 Å². The molecule has 5 heteroatoms. The lowest BCUT2D eigenvalue weighted by Crippen LogP contribution is -2.15. The Hall–Kier alpha value is -2.40. The molecule has 2 N–H and O–H groups in total. The van der Waals surface area contributed by atoms with Crippen LogP contribution in [-0.4, -0.2) is 24.5 Å². The van der Waals surface area contributed by atoms with Crippen molar-refractivity contribution >= 4 is 11.6 Å². The van der Waals surface area contributed by atoms with E-state index in [1.807, 2.05) is 24.3 Å². The zero-order valence-electron chi connectivity index (χ0n) is 12.2. The number of hydrogen-bond acceptors (Lipinski definition) is 4. The number of amides is 1. The Morgan fingerprint density at radius 2 is 2.14 bits per heavy atom. The van der Waals surface area contributed by atoms with E-state index in [2.05, 4.69) is 22.5 Å². The molecule has 0 aliphatic rings. The number of methoxy groups -OCH3 is 1. The maximum Gasteiger partial charge on any atom is 0.261 e. The molecular weight excluding hydrogens is 266 g/mol. The second kappa shape index (κ2) is 7.40. The molecule has 0 bridgehead atoms. The number of nitrogens with zero attached hydrogens (tertiary/aromatic N) is 1. The number of hydrogen-bond donors (Lipinski definition) is 2. The van der Waals surface area contributed by atoms with E-state index in [1.165, 1.54) is 7.11 Å². The second-order valence-corrected chi connectivity index (χ2v) is 4.50. The minimum Gasteiger partial charge on any atom is -0.480 e. The highest BCUT2D eigenvalue weighted by atomic mass is 16.5. The van der Waals surface area contributed by atoms with Gasteiger partial charge in [-0.2, -0.15) is 0 Å². The highest BCUT2D eigenvalue weighted by Crippen LogP contribution is 2.17. The van der Waals surface area contributed by atoms with E-state index < -0.39 is 0 Å². The molecule has 1 heterocycles. The normalized spacial score (nSPS) is 10.2. The molecule has 5 nitrogen and oxygen atoms in total. The number of aromatic nitrogens is 1. The van der Waals surface area contributed by atoms with E-state index in [0.717, 1.165) is 24.3 Å². The van der Waals surface area contributed by atoms with Crippen LogP contribution in [0.25, 0.3) is 0 Å². The summed E-state index contributed by atoms with van der Waals surface area (Å²) in [5, 5.41) is 6.12. The van der Waals surface area contributed by atoms with Crippen LogP contribution in [0.2, 0.25) is 0 Å². The van der Waals surface area contributed by atoms with E-state index in [0.29, 0.717) is 11.4 Å². The van der Waals surface area contributed by atoms with Crippen LogP contribution in [0.4, 0.5) is 5.69 Å². The summed E-state index contributed by atoms with van der Waals surface area (Å²) in [6, 6.07) is 11.1. The first-order chi connectivity index (χ1) is 10.2. The molecule has 0 saturated carbocycles. The van der Waals surface area contributed by atoms with Crippen LogP contribution in [0.5, 0.6) is 5.88 Å². The van der Waals surface area contributed by atoms with Crippen molar-refractivity contribution in [2.75, 3.05) is 19.0 Å². The summed E-state index contributed by atoms with van der Waals surface area (Å²) in [6.07, 6.45) is 1.59. The average Bonchev–Trinajstić information content (AvgIpc) is 2.53. The van der Waals surface area contributed by atoms with Crippen LogP contribution in [-0.2, 0) is 6.54 Å². The van der Waals surface area contributed by atoms with Crippen molar-refractivity contribution in [3.8, 4) is 5.88 Å². The van der Waals surface area contributed by atoms with Crippen LogP contribution in [0.3, 0.4) is 0 Å². The largest absolute Gasteiger partial charge is 0.480 e. The molecule has 1 amide bonds. The molecule has 1 aromatic carbocycles. The predicted molar refractivity (Wildman–Crippen MR) is 82.6 cm³/mol. The zero-order valence-corrected chi connectivity index (χ0v) is 12.2. The molecule has 0 radical (unpaired) electrons. The molecule has 0 unspecified atom stereocenters. The van der Waals surface area contributed by atoms with Gasteiger partial charge in [0.05, 0.1) is 7.11 Å². The van der Waals surface area contributed by atoms with Crippen LogP contribution < -0.4 is 15.4 Å². The third-order valence-corrected chi connectivity index (χ3v) is 2.97. The Morgan fingerprint density at radius 1 is 1.29 bits per heavy atom. The summed E-state index contributed by atoms with van der Waals surface area (Å²) in [5.74, 6) is 0.0827. The quantitative estimate of drug-likeness (QED) is 0.855. The Bertz CT molecular complexity index is 614. The maximum atomic E-state index is 12.3. The van der Waals surface area contributed by atoms with Crippen LogP contribution in [0.15, 0.2) is 42.6 Å². The topological polar surface area (TPSA) is 63.2 Å². The third kappa shape index (κ3) is 4.03. The van der Waals surface area contributed by atoms with Gasteiger partial charge in [-0.05, 0) is 36.4 Å². The number of carbonyl (C=O) groups excluding carboxylic acids is 1. The molecule has 0 atom stereocenters. The number of carbonyl (C=O) groups is 1. The molecule has 1 aromatic heterocycles. The van der Waals surface area contributed by atoms with Gasteiger partial charge in [0, 0.05) is 18.4 Å². The molecule has 0 spiro atoms. The Morgan fingerprint density at radius 3 is 2.90 bits per heavy atom. The van der Waals surface area contributed by atoms with Crippen molar-refractivity contribution in [1.82, 2.24) is 10.3 Å². The minimum absolute atomic E-state index is 0.236. The van der Waals surface area contributed by atoms with Gasteiger partial charge in [-0.25, -0.2) is 4.98 Å². The number of ether oxygens (including phenoxy) is 1. The smallest absolute Gasteiger partial charge is 0.261 e. The van der Waals surface area contributed by atoms with Gasteiger partial charge in [-0.15, -0.1) is 0 Å². The summed E-state index contributed by atoms with van der Waals surface area (Å²) >= 11 is 0. The second-order valence-electron chi connectivity index (χ2n) is 4.50. The fourth-order valence-corrected chi connectivity index (χ4v) is 1.95. The summed E-state index contributed by atoms with van der Waals surface area (Å²) in [4.78, 5) is 16.3. The summed E-state index contributed by atoms with van der Waals surface area (Å²) in [5.41, 5.74) is 2.28. The number of anilines is 1. The molecule has 2 rings (SSSR count). The lowest BCUT2D eigenvalue weighted by atomic mass is 10.2. The van der Waals surface area contributed by atoms with Gasteiger partial charge in [0.1, 0.15) is 5.56 Å². The monoisotopic (exact) mass is 285 g/mol. The van der Waals surface area contributed by atoms with Gasteiger partial charge in [0.2, 0.25) is 5.88 Å². The molecule has 0 saturated heterocycles. The lowest BCUT2D eigenvalue weighted by molar-refractivity contribution is 0.102. The van der Waals surface area contributed by atoms with Gasteiger partial charge in [-0.1, -0.05) is 19.1 Å². The van der Waals surface area contributed by atoms with E-state index in [1.54, 1.807) is 18.3 Å². The number of nitrogens with one attached hydrogen (secondary N) is 2. The maximum absolute atomic E-state index is 12.3. The fraction of sp³-hybridized carbons (Fsp3) is 0.250. The number of rotatable bonds is 6. The predicted octanol–water partition coefficient (Wildman–Crippen LogP) is 2.45. The Balaban J connectivity index is 2.12. The molecule has 0 aliphatic heterocycles. The van der Waals surface area contributed by atoms with Crippen molar-refractivity contribution in [2.45, 2.75) is 13.5 Å². The van der Waals surface area contributed by atoms with Crippen molar-refractivity contribution in [2.24, 2.45) is 0 Å². The molecule has 0 fully saturated rings. The van der Waals surface area contributed by atoms with E-state index >= 15 is 0 Å². The highest BCUT2D eigenvalue weighted by Gasteiger charge is 2.12. The van der Waals surface area contributed by atoms with E-state index in [4.69, 9.17) is 4.74 Å². The molecule has 2 aromatic rings. The standard InChI is InChI=1S/C16H19N3O2/c1-3-17-11-12-6-4-7-13(10-12)19-15(20)14-8-5-9-18-16(14)21-2/h4-10,17H,3,11H2,1-2H3,(H,19,20). The van der Waals surface area contributed by atoms with Crippen molar-refractivity contribution in [1.29, 1.82) is 0 Å². The van der Waals surface area contributed by atoms with Gasteiger partial charge >= 0.3 is 0 Å². The summed E-state index contributed by atoms with van der Waals surface area (Å²) < 4.78 is 5.10. The number of benzene rings is 1. The van der Waals surface area contributed by atoms with Crippen LogP contribution in [0.1, 0.15) is 22.8 Å². The SMILES string of the molecule is CCNCc1cccc(NC(=O)c2cccnc2OC)c1. The van der Waals surface area contributed by atoms with Gasteiger partial charge in [-0.3, -0.25) is 4.79 Å². The van der Waals surface area contributed by atoms with E-state index in [-0.39, 0.29) is 5.91 Å². The molecule has 21 heavy (non-hydrogen) atoms. The summed E-state index contributed by atoms with van der Waals surface area (Å²) in [6.45, 7) is 3.74. The Kier molecular flexibility index (Phi) is 5.29. The van der Waals surface area contributed by atoms with Gasteiger partial charge < -0.3 is 15.4 Å².